The van der Waals surface area contributed by atoms with Crippen molar-refractivity contribution in [3.8, 4) is 11.4 Å². The topological polar surface area (TPSA) is 81.3 Å². The molecule has 0 aliphatic carbocycles. The summed E-state index contributed by atoms with van der Waals surface area (Å²) in [5.41, 5.74) is 2.03. The number of carbonyl (C=O) groups is 1. The zero-order valence-corrected chi connectivity index (χ0v) is 17.0. The van der Waals surface area contributed by atoms with Gasteiger partial charge in [0.2, 0.25) is 5.91 Å². The number of aromatic nitrogens is 4. The third-order valence-electron chi connectivity index (χ3n) is 4.92. The molecular weight excluding hydrogens is 414 g/mol. The number of anilines is 1. The molecule has 0 fully saturated rings. The number of hydrogen-bond donors (Lipinski definition) is 1. The largest absolute Gasteiger partial charge is 0.351 e. The minimum Gasteiger partial charge on any atom is -0.325 e. The van der Waals surface area contributed by atoms with E-state index in [0.717, 1.165) is 10.9 Å². The zero-order chi connectivity index (χ0) is 21.4. The maximum absolute atomic E-state index is 13.2. The first-order chi connectivity index (χ1) is 15.1. The summed E-state index contributed by atoms with van der Waals surface area (Å²) in [6.45, 7) is -0.168. The third-order valence-corrected chi connectivity index (χ3v) is 5.17. The van der Waals surface area contributed by atoms with E-state index in [1.54, 1.807) is 30.3 Å². The van der Waals surface area contributed by atoms with E-state index in [0.29, 0.717) is 27.7 Å². The highest BCUT2D eigenvalue weighted by Gasteiger charge is 2.17. The van der Waals surface area contributed by atoms with E-state index in [9.17, 15) is 9.59 Å². The molecule has 0 saturated carbocycles. The van der Waals surface area contributed by atoms with Crippen molar-refractivity contribution in [2.75, 3.05) is 5.32 Å². The van der Waals surface area contributed by atoms with Gasteiger partial charge in [-0.1, -0.05) is 54.1 Å². The van der Waals surface area contributed by atoms with Gasteiger partial charge in [-0.05, 0) is 36.4 Å². The summed E-state index contributed by atoms with van der Waals surface area (Å²) in [6, 6.07) is 23.6. The van der Waals surface area contributed by atoms with Crippen LogP contribution < -0.4 is 11.0 Å². The minimum absolute atomic E-state index is 0.168. The highest BCUT2D eigenvalue weighted by atomic mass is 35.5. The summed E-state index contributed by atoms with van der Waals surface area (Å²) in [7, 11) is 0. The number of benzene rings is 3. The second-order valence-electron chi connectivity index (χ2n) is 6.98. The van der Waals surface area contributed by atoms with E-state index < -0.39 is 5.69 Å². The molecule has 0 radical (unpaired) electrons. The quantitative estimate of drug-likeness (QED) is 0.468. The maximum Gasteiger partial charge on any atom is 0.351 e. The molecule has 3 aromatic carbocycles. The fourth-order valence-electron chi connectivity index (χ4n) is 3.47. The Morgan fingerprint density at radius 3 is 2.42 bits per heavy atom. The van der Waals surface area contributed by atoms with E-state index in [1.165, 1.54) is 9.08 Å². The third kappa shape index (κ3) is 3.55. The Bertz CT molecular complexity index is 1470. The molecule has 0 bridgehead atoms. The molecule has 1 amide bonds. The molecule has 1 N–H and O–H groups in total. The Morgan fingerprint density at radius 2 is 1.65 bits per heavy atom. The molecule has 5 rings (SSSR count). The minimum atomic E-state index is -0.436. The monoisotopic (exact) mass is 429 g/mol. The van der Waals surface area contributed by atoms with Gasteiger partial charge in [-0.15, -0.1) is 5.10 Å². The van der Waals surface area contributed by atoms with Crippen LogP contribution in [0.5, 0.6) is 0 Å². The summed E-state index contributed by atoms with van der Waals surface area (Å²) in [4.78, 5) is 30.5. The fraction of sp³-hybridized carbons (Fsp3) is 0.0435. The lowest BCUT2D eigenvalue weighted by molar-refractivity contribution is -0.116. The van der Waals surface area contributed by atoms with Gasteiger partial charge in [-0.3, -0.25) is 9.36 Å². The number of halogens is 1. The molecule has 0 unspecified atom stereocenters. The predicted molar refractivity (Wildman–Crippen MR) is 120 cm³/mol. The Labute approximate surface area is 181 Å². The number of fused-ring (bicyclic) bond motifs is 3. The lowest BCUT2D eigenvalue weighted by Crippen LogP contribution is -2.32. The van der Waals surface area contributed by atoms with Gasteiger partial charge < -0.3 is 5.32 Å². The first kappa shape index (κ1) is 19.0. The van der Waals surface area contributed by atoms with Gasteiger partial charge in [-0.2, -0.15) is 4.52 Å². The van der Waals surface area contributed by atoms with Crippen LogP contribution in [0, 0.1) is 0 Å². The van der Waals surface area contributed by atoms with Crippen molar-refractivity contribution in [3.05, 3.63) is 94.4 Å². The Morgan fingerprint density at radius 1 is 0.935 bits per heavy atom. The van der Waals surface area contributed by atoms with Crippen LogP contribution in [0.15, 0.2) is 83.7 Å². The first-order valence-electron chi connectivity index (χ1n) is 9.59. The molecule has 0 atom stereocenters. The van der Waals surface area contributed by atoms with Crippen molar-refractivity contribution in [2.24, 2.45) is 0 Å². The van der Waals surface area contributed by atoms with Crippen LogP contribution >= 0.6 is 11.6 Å². The van der Waals surface area contributed by atoms with Crippen molar-refractivity contribution in [3.63, 3.8) is 0 Å². The molecular formula is C23H16ClN5O2. The van der Waals surface area contributed by atoms with Crippen molar-refractivity contribution >= 4 is 39.7 Å². The fourth-order valence-corrected chi connectivity index (χ4v) is 3.60. The van der Waals surface area contributed by atoms with Crippen LogP contribution in [-0.2, 0) is 11.3 Å². The van der Waals surface area contributed by atoms with Crippen molar-refractivity contribution in [1.82, 2.24) is 19.2 Å². The van der Waals surface area contributed by atoms with Crippen molar-refractivity contribution < 1.29 is 4.79 Å². The van der Waals surface area contributed by atoms with Crippen LogP contribution in [0.3, 0.4) is 0 Å². The molecule has 2 heterocycles. The summed E-state index contributed by atoms with van der Waals surface area (Å²) in [5.74, 6) is 0.114. The van der Waals surface area contributed by atoms with Gasteiger partial charge in [0.1, 0.15) is 6.54 Å². The molecule has 152 valence electrons. The van der Waals surface area contributed by atoms with Crippen molar-refractivity contribution in [2.45, 2.75) is 6.54 Å². The standard InChI is InChI=1S/C23H16ClN5O2/c24-16-10-12-17(13-11-16)25-20(30)14-28-19-9-5-4-8-18(19)22-26-21(27-29(22)23(28)31)15-6-2-1-3-7-15/h1-13H,14H2,(H,25,30). The van der Waals surface area contributed by atoms with E-state index >= 15 is 0 Å². The van der Waals surface area contributed by atoms with Gasteiger partial charge in [0, 0.05) is 21.7 Å². The van der Waals surface area contributed by atoms with E-state index in [2.05, 4.69) is 15.4 Å². The van der Waals surface area contributed by atoms with Crippen LogP contribution in [0.25, 0.3) is 27.9 Å². The molecule has 0 spiro atoms. The SMILES string of the molecule is O=C(Cn1c(=O)n2nc(-c3ccccc3)nc2c2ccccc21)Nc1ccc(Cl)cc1. The molecule has 2 aromatic heterocycles. The molecule has 7 nitrogen and oxygen atoms in total. The Kier molecular flexibility index (Phi) is 4.72. The highest BCUT2D eigenvalue weighted by Crippen LogP contribution is 2.21. The number of nitrogens with zero attached hydrogens (tertiary/aromatic N) is 4. The maximum atomic E-state index is 13.2. The number of hydrogen-bond acceptors (Lipinski definition) is 4. The highest BCUT2D eigenvalue weighted by molar-refractivity contribution is 6.30. The van der Waals surface area contributed by atoms with E-state index in [1.807, 2.05) is 48.5 Å². The summed E-state index contributed by atoms with van der Waals surface area (Å²) < 4.78 is 2.65. The van der Waals surface area contributed by atoms with Gasteiger partial charge in [0.25, 0.3) is 0 Å². The molecule has 0 saturated heterocycles. The number of para-hydroxylation sites is 1. The van der Waals surface area contributed by atoms with Gasteiger partial charge in [-0.25, -0.2) is 9.78 Å². The molecule has 31 heavy (non-hydrogen) atoms. The molecule has 8 heteroatoms. The lowest BCUT2D eigenvalue weighted by Gasteiger charge is -2.11. The zero-order valence-electron chi connectivity index (χ0n) is 16.2. The second-order valence-corrected chi connectivity index (χ2v) is 7.41. The van der Waals surface area contributed by atoms with E-state index in [-0.39, 0.29) is 12.5 Å². The number of amides is 1. The molecule has 0 aliphatic rings. The van der Waals surface area contributed by atoms with Gasteiger partial charge in [0.05, 0.1) is 5.52 Å². The van der Waals surface area contributed by atoms with Gasteiger partial charge >= 0.3 is 5.69 Å². The van der Waals surface area contributed by atoms with Crippen molar-refractivity contribution in [1.29, 1.82) is 0 Å². The smallest absolute Gasteiger partial charge is 0.325 e. The van der Waals surface area contributed by atoms with Gasteiger partial charge in [0.15, 0.2) is 11.5 Å². The Balaban J connectivity index is 1.60. The Hall–Kier alpha value is -3.97. The number of rotatable bonds is 4. The second kappa shape index (κ2) is 7.70. The number of nitrogens with one attached hydrogen (secondary N) is 1. The normalized spacial score (nSPS) is 11.1. The number of carbonyl (C=O) groups excluding carboxylic acids is 1. The molecule has 5 aromatic rings. The average molecular weight is 430 g/mol. The summed E-state index contributed by atoms with van der Waals surface area (Å²) in [6.07, 6.45) is 0. The van der Waals surface area contributed by atoms with E-state index in [4.69, 9.17) is 11.6 Å². The van der Waals surface area contributed by atoms with Crippen LogP contribution in [0.2, 0.25) is 5.02 Å². The predicted octanol–water partition coefficient (Wildman–Crippen LogP) is 4.00. The summed E-state index contributed by atoms with van der Waals surface area (Å²) in [5, 5.41) is 8.51. The first-order valence-corrected chi connectivity index (χ1v) is 9.97. The lowest BCUT2D eigenvalue weighted by atomic mass is 10.2. The average Bonchev–Trinajstić information content (AvgIpc) is 3.25. The van der Waals surface area contributed by atoms with Crippen LogP contribution in [-0.4, -0.2) is 25.1 Å². The summed E-state index contributed by atoms with van der Waals surface area (Å²) >= 11 is 5.89. The van der Waals surface area contributed by atoms with Crippen LogP contribution in [0.1, 0.15) is 0 Å². The molecule has 0 aliphatic heterocycles. The van der Waals surface area contributed by atoms with Crippen LogP contribution in [0.4, 0.5) is 5.69 Å².